The third kappa shape index (κ3) is 2.28. The Hall–Kier alpha value is -2.65. The summed E-state index contributed by atoms with van der Waals surface area (Å²) in [6.45, 7) is 4.52. The zero-order chi connectivity index (χ0) is 18.0. The van der Waals surface area contributed by atoms with Crippen molar-refractivity contribution in [1.82, 2.24) is 14.5 Å². The van der Waals surface area contributed by atoms with Crippen molar-refractivity contribution < 1.29 is 0 Å². The van der Waals surface area contributed by atoms with Gasteiger partial charge in [-0.05, 0) is 74.0 Å². The average Bonchev–Trinajstić information content (AvgIpc) is 3.27. The maximum atomic E-state index is 4.26. The number of nitrogens with zero attached hydrogens (tertiary/aromatic N) is 3. The number of aromatic nitrogens is 2. The zero-order valence-corrected chi connectivity index (χ0v) is 15.7. The lowest BCUT2D eigenvalue weighted by atomic mass is 9.96. The smallest absolute Gasteiger partial charge is 0.0535 e. The van der Waals surface area contributed by atoms with Gasteiger partial charge in [-0.3, -0.25) is 9.88 Å². The van der Waals surface area contributed by atoms with Crippen LogP contribution >= 0.6 is 0 Å². The molecule has 0 saturated carbocycles. The number of rotatable bonds is 1. The molecule has 3 nitrogen and oxygen atoms in total. The molecule has 6 rings (SSSR count). The number of hydrogen-bond acceptors (Lipinski definition) is 2. The Kier molecular flexibility index (Phi) is 3.24. The summed E-state index contributed by atoms with van der Waals surface area (Å²) in [5.41, 5.74) is 7.02. The number of fused-ring (bicyclic) bond motifs is 5. The molecule has 134 valence electrons. The number of hydrogen-bond donors (Lipinski definition) is 0. The van der Waals surface area contributed by atoms with Crippen molar-refractivity contribution in [2.24, 2.45) is 0 Å². The van der Waals surface area contributed by atoms with Crippen molar-refractivity contribution in [2.45, 2.75) is 38.8 Å². The van der Waals surface area contributed by atoms with Crippen LogP contribution in [0.4, 0.5) is 0 Å². The van der Waals surface area contributed by atoms with E-state index in [0.717, 1.165) is 12.6 Å². The highest BCUT2D eigenvalue weighted by atomic mass is 15.2. The predicted octanol–water partition coefficient (Wildman–Crippen LogP) is 5.01. The van der Waals surface area contributed by atoms with Gasteiger partial charge < -0.3 is 4.57 Å². The Morgan fingerprint density at radius 3 is 2.96 bits per heavy atom. The fourth-order valence-corrected chi connectivity index (χ4v) is 5.18. The predicted molar refractivity (Wildman–Crippen MR) is 110 cm³/mol. The first-order valence-corrected chi connectivity index (χ1v) is 9.99. The second kappa shape index (κ2) is 5.67. The van der Waals surface area contributed by atoms with Crippen molar-refractivity contribution in [3.05, 3.63) is 71.7 Å². The molecule has 0 radical (unpaired) electrons. The monoisotopic (exact) mass is 353 g/mol. The molecule has 27 heavy (non-hydrogen) atoms. The first kappa shape index (κ1) is 15.4. The molecule has 0 bridgehead atoms. The van der Waals surface area contributed by atoms with Crippen LogP contribution in [0.2, 0.25) is 0 Å². The van der Waals surface area contributed by atoms with Crippen LogP contribution in [0.3, 0.4) is 0 Å². The fraction of sp³-hybridized carbons (Fsp3) is 0.292. The van der Waals surface area contributed by atoms with E-state index in [1.165, 1.54) is 64.4 Å². The molecule has 0 spiro atoms. The topological polar surface area (TPSA) is 21.1 Å². The van der Waals surface area contributed by atoms with E-state index in [2.05, 4.69) is 63.8 Å². The third-order valence-electron chi connectivity index (χ3n) is 6.51. The summed E-state index contributed by atoms with van der Waals surface area (Å²) < 4.78 is 2.51. The molecule has 1 unspecified atom stereocenters. The van der Waals surface area contributed by atoms with Crippen LogP contribution in [0, 0.1) is 6.92 Å². The molecule has 0 amide bonds. The number of aryl methyl sites for hydroxylation is 1. The van der Waals surface area contributed by atoms with E-state index in [0.29, 0.717) is 0 Å². The van der Waals surface area contributed by atoms with Gasteiger partial charge in [0.25, 0.3) is 0 Å². The van der Waals surface area contributed by atoms with Gasteiger partial charge >= 0.3 is 0 Å². The lowest BCUT2D eigenvalue weighted by molar-refractivity contribution is 0.224. The Balaban J connectivity index is 1.63. The maximum Gasteiger partial charge on any atom is 0.0535 e. The van der Waals surface area contributed by atoms with Gasteiger partial charge in [0, 0.05) is 47.1 Å². The molecule has 2 aromatic heterocycles. The standard InChI is InChI=1S/C24H23N3/c1-16-4-7-23-21(11-16)22-13-19-3-2-10-26(19)15-24(22)27(23)20-6-5-18-14-25-9-8-17(18)12-20/h4-9,11-12,14,19H,2-3,10,13,15H2,1H3. The van der Waals surface area contributed by atoms with Crippen LogP contribution in [0.15, 0.2) is 54.9 Å². The molecular weight excluding hydrogens is 330 g/mol. The van der Waals surface area contributed by atoms with Crippen molar-refractivity contribution in [3.8, 4) is 5.69 Å². The van der Waals surface area contributed by atoms with Crippen molar-refractivity contribution >= 4 is 21.7 Å². The van der Waals surface area contributed by atoms with E-state index in [1.54, 1.807) is 5.56 Å². The largest absolute Gasteiger partial charge is 0.312 e. The lowest BCUT2D eigenvalue weighted by Gasteiger charge is -2.31. The van der Waals surface area contributed by atoms with Crippen LogP contribution in [0.5, 0.6) is 0 Å². The van der Waals surface area contributed by atoms with Crippen molar-refractivity contribution in [2.75, 3.05) is 6.54 Å². The summed E-state index contributed by atoms with van der Waals surface area (Å²) >= 11 is 0. The molecule has 3 heteroatoms. The summed E-state index contributed by atoms with van der Waals surface area (Å²) in [4.78, 5) is 6.95. The number of pyridine rings is 1. The fourth-order valence-electron chi connectivity index (χ4n) is 5.18. The van der Waals surface area contributed by atoms with Crippen LogP contribution < -0.4 is 0 Å². The van der Waals surface area contributed by atoms with Crippen molar-refractivity contribution in [1.29, 1.82) is 0 Å². The summed E-state index contributed by atoms with van der Waals surface area (Å²) in [5, 5.41) is 3.90. The molecule has 4 heterocycles. The maximum absolute atomic E-state index is 4.26. The molecule has 2 aliphatic rings. The summed E-state index contributed by atoms with van der Waals surface area (Å²) in [5.74, 6) is 0. The van der Waals surface area contributed by atoms with Crippen LogP contribution in [0.25, 0.3) is 27.4 Å². The summed E-state index contributed by atoms with van der Waals surface area (Å²) in [7, 11) is 0. The first-order chi connectivity index (χ1) is 13.3. The molecule has 2 aromatic carbocycles. The lowest BCUT2D eigenvalue weighted by Crippen LogP contribution is -2.35. The molecule has 2 aliphatic heterocycles. The highest BCUT2D eigenvalue weighted by Crippen LogP contribution is 2.38. The Morgan fingerprint density at radius 2 is 2.00 bits per heavy atom. The zero-order valence-electron chi connectivity index (χ0n) is 15.7. The number of benzene rings is 2. The SMILES string of the molecule is Cc1ccc2c(c1)c1c(n2-c2ccc3cnccc3c2)CN2CCCC2C1. The average molecular weight is 353 g/mol. The summed E-state index contributed by atoms with van der Waals surface area (Å²) in [6.07, 6.45) is 7.71. The van der Waals surface area contributed by atoms with E-state index < -0.39 is 0 Å². The summed E-state index contributed by atoms with van der Waals surface area (Å²) in [6, 6.07) is 16.6. The Bertz CT molecular complexity index is 1190. The van der Waals surface area contributed by atoms with Crippen LogP contribution in [-0.2, 0) is 13.0 Å². The minimum absolute atomic E-state index is 0.736. The van der Waals surface area contributed by atoms with E-state index in [-0.39, 0.29) is 0 Å². The van der Waals surface area contributed by atoms with Crippen LogP contribution in [-0.4, -0.2) is 27.0 Å². The molecule has 1 atom stereocenters. The van der Waals surface area contributed by atoms with Gasteiger partial charge in [0.1, 0.15) is 0 Å². The van der Waals surface area contributed by atoms with Crippen molar-refractivity contribution in [3.63, 3.8) is 0 Å². The van der Waals surface area contributed by atoms with Crippen LogP contribution in [0.1, 0.15) is 29.7 Å². The molecule has 0 N–H and O–H groups in total. The second-order valence-corrected chi connectivity index (χ2v) is 8.16. The molecule has 0 aliphatic carbocycles. The quantitative estimate of drug-likeness (QED) is 0.480. The Morgan fingerprint density at radius 1 is 1.04 bits per heavy atom. The second-order valence-electron chi connectivity index (χ2n) is 8.16. The van der Waals surface area contributed by atoms with E-state index >= 15 is 0 Å². The van der Waals surface area contributed by atoms with Gasteiger partial charge in [-0.2, -0.15) is 0 Å². The highest BCUT2D eigenvalue weighted by molar-refractivity contribution is 5.90. The normalized spacial score (nSPS) is 19.5. The minimum Gasteiger partial charge on any atom is -0.312 e. The molecule has 1 fully saturated rings. The van der Waals surface area contributed by atoms with E-state index in [4.69, 9.17) is 0 Å². The van der Waals surface area contributed by atoms with Gasteiger partial charge in [-0.1, -0.05) is 17.7 Å². The van der Waals surface area contributed by atoms with Gasteiger partial charge in [-0.15, -0.1) is 0 Å². The minimum atomic E-state index is 0.736. The van der Waals surface area contributed by atoms with E-state index in [1.807, 2.05) is 12.4 Å². The highest BCUT2D eigenvalue weighted by Gasteiger charge is 2.33. The third-order valence-corrected chi connectivity index (χ3v) is 6.51. The molecule has 4 aromatic rings. The van der Waals surface area contributed by atoms with E-state index in [9.17, 15) is 0 Å². The first-order valence-electron chi connectivity index (χ1n) is 9.99. The molecular formula is C24H23N3. The van der Waals surface area contributed by atoms with Gasteiger partial charge in [0.2, 0.25) is 0 Å². The van der Waals surface area contributed by atoms with Gasteiger partial charge in [0.15, 0.2) is 0 Å². The Labute approximate surface area is 159 Å². The van der Waals surface area contributed by atoms with Gasteiger partial charge in [-0.25, -0.2) is 0 Å². The van der Waals surface area contributed by atoms with Gasteiger partial charge in [0.05, 0.1) is 5.52 Å². The molecule has 1 saturated heterocycles.